The third-order valence-corrected chi connectivity index (χ3v) is 7.01. The first-order valence-electron chi connectivity index (χ1n) is 12.9. The predicted octanol–water partition coefficient (Wildman–Crippen LogP) is 3.51. The lowest BCUT2D eigenvalue weighted by molar-refractivity contribution is -0.115. The van der Waals surface area contributed by atoms with Crippen LogP contribution in [0, 0.1) is 0 Å². The Balaban J connectivity index is 1.48. The maximum Gasteiger partial charge on any atom is 0.319 e. The summed E-state index contributed by atoms with van der Waals surface area (Å²) in [6.45, 7) is 8.30. The molecule has 2 N–H and O–H groups in total. The van der Waals surface area contributed by atoms with Crippen molar-refractivity contribution in [1.82, 2.24) is 20.2 Å². The Bertz CT molecular complexity index is 1160. The molecule has 1 fully saturated rings. The Hall–Kier alpha value is -3.46. The molecule has 190 valence electrons. The van der Waals surface area contributed by atoms with Crippen molar-refractivity contribution < 1.29 is 14.3 Å². The molecule has 3 heterocycles. The Morgan fingerprint density at radius 3 is 2.72 bits per heavy atom. The third-order valence-electron chi connectivity index (χ3n) is 7.01. The molecule has 1 unspecified atom stereocenters. The molecule has 0 radical (unpaired) electrons. The SMILES string of the molecule is CCNC(=O)Nc1ccc(-c2nc3c(c(N4CCOCC4C)n2)CCN(C2=CC(=O)CCC2)C3)cc1. The summed E-state index contributed by atoms with van der Waals surface area (Å²) in [5.41, 5.74) is 4.94. The van der Waals surface area contributed by atoms with Gasteiger partial charge in [-0.05, 0) is 57.4 Å². The van der Waals surface area contributed by atoms with E-state index in [-0.39, 0.29) is 17.9 Å². The highest BCUT2D eigenvalue weighted by molar-refractivity contribution is 5.91. The standard InChI is InChI=1S/C27H34N6O3/c1-3-28-27(35)29-20-9-7-19(8-10-20)25-30-24-16-32(21-5-4-6-22(34)15-21)12-11-23(24)26(31-25)33-13-14-36-17-18(33)2/h7-10,15,18H,3-6,11-14,16-17H2,1-2H3,(H2,28,29,35). The van der Waals surface area contributed by atoms with E-state index in [0.29, 0.717) is 44.2 Å². The molecular weight excluding hydrogens is 456 g/mol. The number of anilines is 2. The molecule has 1 saturated heterocycles. The first-order valence-corrected chi connectivity index (χ1v) is 12.9. The summed E-state index contributed by atoms with van der Waals surface area (Å²) in [6.07, 6.45) is 5.16. The number of allylic oxidation sites excluding steroid dienone is 2. The van der Waals surface area contributed by atoms with Gasteiger partial charge in [0.25, 0.3) is 0 Å². The zero-order valence-corrected chi connectivity index (χ0v) is 21.0. The van der Waals surface area contributed by atoms with E-state index in [1.165, 1.54) is 5.56 Å². The topological polar surface area (TPSA) is 99.7 Å². The summed E-state index contributed by atoms with van der Waals surface area (Å²) in [4.78, 5) is 38.7. The van der Waals surface area contributed by atoms with Crippen LogP contribution in [0.1, 0.15) is 44.4 Å². The summed E-state index contributed by atoms with van der Waals surface area (Å²) in [5, 5.41) is 5.57. The van der Waals surface area contributed by atoms with Crippen LogP contribution >= 0.6 is 0 Å². The van der Waals surface area contributed by atoms with Gasteiger partial charge in [-0.3, -0.25) is 4.79 Å². The first-order chi connectivity index (χ1) is 17.5. The second kappa shape index (κ2) is 10.7. The lowest BCUT2D eigenvalue weighted by atomic mass is 9.98. The number of rotatable bonds is 5. The van der Waals surface area contributed by atoms with Crippen LogP contribution in [0.2, 0.25) is 0 Å². The summed E-state index contributed by atoms with van der Waals surface area (Å²) in [7, 11) is 0. The van der Waals surface area contributed by atoms with Crippen LogP contribution in [0.25, 0.3) is 11.4 Å². The van der Waals surface area contributed by atoms with E-state index in [2.05, 4.69) is 27.4 Å². The molecule has 2 aromatic rings. The smallest absolute Gasteiger partial charge is 0.319 e. The maximum atomic E-state index is 12.1. The van der Waals surface area contributed by atoms with Crippen LogP contribution in [0.4, 0.5) is 16.3 Å². The summed E-state index contributed by atoms with van der Waals surface area (Å²) in [6, 6.07) is 7.63. The van der Waals surface area contributed by atoms with Crippen LogP contribution in [0.5, 0.6) is 0 Å². The van der Waals surface area contributed by atoms with Crippen molar-refractivity contribution >= 4 is 23.3 Å². The molecule has 3 aliphatic rings. The van der Waals surface area contributed by atoms with Crippen LogP contribution in [0.3, 0.4) is 0 Å². The van der Waals surface area contributed by atoms with Crippen molar-refractivity contribution in [2.45, 2.75) is 52.1 Å². The average Bonchev–Trinajstić information content (AvgIpc) is 2.88. The fraction of sp³-hybridized carbons (Fsp3) is 0.481. The van der Waals surface area contributed by atoms with Crippen molar-refractivity contribution in [3.63, 3.8) is 0 Å². The fourth-order valence-corrected chi connectivity index (χ4v) is 5.13. The Morgan fingerprint density at radius 1 is 1.14 bits per heavy atom. The molecular formula is C27H34N6O3. The highest BCUT2D eigenvalue weighted by atomic mass is 16.5. The molecule has 9 heteroatoms. The second-order valence-electron chi connectivity index (χ2n) is 9.60. The maximum absolute atomic E-state index is 12.1. The van der Waals surface area contributed by atoms with Gasteiger partial charge in [-0.2, -0.15) is 0 Å². The number of nitrogens with one attached hydrogen (secondary N) is 2. The van der Waals surface area contributed by atoms with E-state index in [0.717, 1.165) is 55.1 Å². The van der Waals surface area contributed by atoms with Gasteiger partial charge >= 0.3 is 6.03 Å². The van der Waals surface area contributed by atoms with Crippen LogP contribution in [0.15, 0.2) is 36.0 Å². The quantitative estimate of drug-likeness (QED) is 0.662. The number of carbonyl (C=O) groups is 2. The molecule has 9 nitrogen and oxygen atoms in total. The van der Waals surface area contributed by atoms with Crippen LogP contribution in [-0.4, -0.2) is 65.6 Å². The molecule has 0 spiro atoms. The van der Waals surface area contributed by atoms with Crippen LogP contribution < -0.4 is 15.5 Å². The van der Waals surface area contributed by atoms with E-state index in [1.807, 2.05) is 37.3 Å². The lowest BCUT2D eigenvalue weighted by Crippen LogP contribution is -2.45. The Morgan fingerprint density at radius 2 is 1.97 bits per heavy atom. The van der Waals surface area contributed by atoms with Crippen molar-refractivity contribution in [1.29, 1.82) is 0 Å². The molecule has 36 heavy (non-hydrogen) atoms. The number of nitrogens with zero attached hydrogens (tertiary/aromatic N) is 4. The minimum absolute atomic E-state index is 0.217. The molecule has 1 aromatic heterocycles. The molecule has 5 rings (SSSR count). The molecule has 1 aliphatic carbocycles. The van der Waals surface area contributed by atoms with E-state index in [1.54, 1.807) is 0 Å². The highest BCUT2D eigenvalue weighted by Gasteiger charge is 2.30. The van der Waals surface area contributed by atoms with Gasteiger partial charge in [0, 0.05) is 54.6 Å². The molecule has 2 aliphatic heterocycles. The van der Waals surface area contributed by atoms with E-state index >= 15 is 0 Å². The van der Waals surface area contributed by atoms with E-state index in [4.69, 9.17) is 14.7 Å². The monoisotopic (exact) mass is 490 g/mol. The van der Waals surface area contributed by atoms with Gasteiger partial charge in [-0.1, -0.05) is 0 Å². The number of morpholine rings is 1. The van der Waals surface area contributed by atoms with Gasteiger partial charge < -0.3 is 25.2 Å². The molecule has 1 aromatic carbocycles. The van der Waals surface area contributed by atoms with Gasteiger partial charge in [0.05, 0.1) is 31.5 Å². The molecule has 2 amide bonds. The Labute approximate surface area is 211 Å². The van der Waals surface area contributed by atoms with Gasteiger partial charge in [0.15, 0.2) is 11.6 Å². The summed E-state index contributed by atoms with van der Waals surface area (Å²) in [5.74, 6) is 1.88. The third kappa shape index (κ3) is 5.21. The predicted molar refractivity (Wildman–Crippen MR) is 139 cm³/mol. The number of aromatic nitrogens is 2. The van der Waals surface area contributed by atoms with Gasteiger partial charge in [0.1, 0.15) is 5.82 Å². The number of ether oxygens (including phenoxy) is 1. The number of hydrogen-bond acceptors (Lipinski definition) is 7. The van der Waals surface area contributed by atoms with Crippen molar-refractivity contribution in [3.8, 4) is 11.4 Å². The second-order valence-corrected chi connectivity index (χ2v) is 9.60. The number of benzene rings is 1. The number of fused-ring (bicyclic) bond motifs is 1. The van der Waals surface area contributed by atoms with E-state index < -0.39 is 0 Å². The zero-order valence-electron chi connectivity index (χ0n) is 21.0. The number of amides is 2. The Kier molecular flexibility index (Phi) is 7.18. The largest absolute Gasteiger partial charge is 0.377 e. The van der Waals surface area contributed by atoms with Gasteiger partial charge in [-0.15, -0.1) is 0 Å². The number of carbonyl (C=O) groups excluding carboxylic acids is 2. The molecule has 0 bridgehead atoms. The van der Waals surface area contributed by atoms with Gasteiger partial charge in [0.2, 0.25) is 0 Å². The minimum atomic E-state index is -0.227. The van der Waals surface area contributed by atoms with Crippen LogP contribution in [-0.2, 0) is 22.5 Å². The average molecular weight is 491 g/mol. The molecule has 0 saturated carbocycles. The summed E-state index contributed by atoms with van der Waals surface area (Å²) >= 11 is 0. The molecule has 1 atom stereocenters. The zero-order chi connectivity index (χ0) is 25.1. The van der Waals surface area contributed by atoms with Gasteiger partial charge in [-0.25, -0.2) is 14.8 Å². The number of urea groups is 1. The van der Waals surface area contributed by atoms with E-state index in [9.17, 15) is 9.59 Å². The van der Waals surface area contributed by atoms with Crippen molar-refractivity contribution in [2.24, 2.45) is 0 Å². The van der Waals surface area contributed by atoms with Crippen molar-refractivity contribution in [2.75, 3.05) is 43.1 Å². The summed E-state index contributed by atoms with van der Waals surface area (Å²) < 4.78 is 5.69. The fourth-order valence-electron chi connectivity index (χ4n) is 5.13. The first kappa shape index (κ1) is 24.2. The minimum Gasteiger partial charge on any atom is -0.377 e. The van der Waals surface area contributed by atoms with Crippen molar-refractivity contribution in [3.05, 3.63) is 47.3 Å². The highest BCUT2D eigenvalue weighted by Crippen LogP contribution is 2.33. The number of hydrogen-bond donors (Lipinski definition) is 2. The lowest BCUT2D eigenvalue weighted by Gasteiger charge is -2.39. The normalized spacial score (nSPS) is 20.0. The number of ketones is 1.